The molecule has 2 N–H and O–H groups in total. The molecule has 3 amide bonds. The Balaban J connectivity index is 1.36. The summed E-state index contributed by atoms with van der Waals surface area (Å²) in [5.74, 6) is 0.450. The molecule has 29 heavy (non-hydrogen) atoms. The number of aliphatic hydroxyl groups is 1. The molecule has 4 rings (SSSR count). The Labute approximate surface area is 170 Å². The van der Waals surface area contributed by atoms with E-state index in [1.54, 1.807) is 0 Å². The van der Waals surface area contributed by atoms with Crippen LogP contribution in [-0.4, -0.2) is 46.7 Å². The summed E-state index contributed by atoms with van der Waals surface area (Å²) >= 11 is 0. The Morgan fingerprint density at radius 2 is 1.69 bits per heavy atom. The van der Waals surface area contributed by atoms with Gasteiger partial charge < -0.3 is 15.2 Å². The van der Waals surface area contributed by atoms with Gasteiger partial charge >= 0.3 is 6.03 Å². The number of carbonyl (C=O) groups excluding carboxylic acids is 2. The number of aliphatic hydroxyl groups excluding tert-OH is 1. The monoisotopic (exact) mass is 396 g/mol. The van der Waals surface area contributed by atoms with Gasteiger partial charge in [-0.3, -0.25) is 9.69 Å². The van der Waals surface area contributed by atoms with Gasteiger partial charge in [-0.2, -0.15) is 0 Å². The number of fused-ring (bicyclic) bond motifs is 1. The van der Waals surface area contributed by atoms with Gasteiger partial charge in [-0.1, -0.05) is 62.4 Å². The summed E-state index contributed by atoms with van der Waals surface area (Å²) in [6.07, 6.45) is 5.66. The molecule has 0 aromatic heterocycles. The first-order chi connectivity index (χ1) is 14.1. The molecule has 6 nitrogen and oxygen atoms in total. The van der Waals surface area contributed by atoms with E-state index in [-0.39, 0.29) is 19.1 Å². The Morgan fingerprint density at radius 3 is 2.45 bits per heavy atom. The summed E-state index contributed by atoms with van der Waals surface area (Å²) < 4.78 is 5.71. The van der Waals surface area contributed by atoms with Crippen LogP contribution >= 0.6 is 0 Å². The van der Waals surface area contributed by atoms with Crippen molar-refractivity contribution < 1.29 is 19.4 Å². The van der Waals surface area contributed by atoms with Crippen molar-refractivity contribution in [2.45, 2.75) is 56.6 Å². The van der Waals surface area contributed by atoms with E-state index < -0.39 is 17.7 Å². The molecule has 1 saturated heterocycles. The highest BCUT2D eigenvalue weighted by molar-refractivity contribution is 6.07. The second-order valence-corrected chi connectivity index (χ2v) is 8.17. The lowest BCUT2D eigenvalue weighted by Gasteiger charge is -2.28. The molecular weight excluding hydrogens is 368 g/mol. The minimum Gasteiger partial charge on any atom is -0.491 e. The van der Waals surface area contributed by atoms with Crippen molar-refractivity contribution in [3.63, 3.8) is 0 Å². The zero-order valence-corrected chi connectivity index (χ0v) is 16.6. The first-order valence-corrected chi connectivity index (χ1v) is 10.5. The topological polar surface area (TPSA) is 78.9 Å². The van der Waals surface area contributed by atoms with Crippen molar-refractivity contribution in [3.8, 4) is 5.75 Å². The molecule has 2 aliphatic rings. The first kappa shape index (κ1) is 19.7. The molecule has 1 aliphatic carbocycles. The van der Waals surface area contributed by atoms with E-state index in [0.29, 0.717) is 18.6 Å². The summed E-state index contributed by atoms with van der Waals surface area (Å²) in [6.45, 7) is -0.0393. The van der Waals surface area contributed by atoms with Crippen molar-refractivity contribution >= 4 is 22.7 Å². The fourth-order valence-electron chi connectivity index (χ4n) is 4.40. The van der Waals surface area contributed by atoms with Gasteiger partial charge in [0.1, 0.15) is 24.0 Å². The Hall–Kier alpha value is -2.60. The minimum atomic E-state index is -0.945. The number of hydrogen-bond acceptors (Lipinski definition) is 4. The molecular formula is C23H28N2O4. The van der Waals surface area contributed by atoms with E-state index in [9.17, 15) is 14.7 Å². The van der Waals surface area contributed by atoms with Gasteiger partial charge in [-0.15, -0.1) is 0 Å². The predicted molar refractivity (Wildman–Crippen MR) is 111 cm³/mol. The zero-order chi connectivity index (χ0) is 20.3. The normalized spacial score (nSPS) is 20.4. The molecule has 0 radical (unpaired) electrons. The van der Waals surface area contributed by atoms with Crippen molar-refractivity contribution in [3.05, 3.63) is 42.5 Å². The third-order valence-corrected chi connectivity index (χ3v) is 6.01. The van der Waals surface area contributed by atoms with Gasteiger partial charge in [0, 0.05) is 0 Å². The maximum atomic E-state index is 13.0. The van der Waals surface area contributed by atoms with Gasteiger partial charge in [0.05, 0.1) is 6.54 Å². The zero-order valence-electron chi connectivity index (χ0n) is 16.6. The quantitative estimate of drug-likeness (QED) is 0.757. The third kappa shape index (κ3) is 4.22. The lowest BCUT2D eigenvalue weighted by atomic mass is 9.84. The smallest absolute Gasteiger partial charge is 0.325 e. The second kappa shape index (κ2) is 8.41. The number of nitrogens with zero attached hydrogens (tertiary/aromatic N) is 1. The molecule has 2 fully saturated rings. The molecule has 1 heterocycles. The van der Waals surface area contributed by atoms with Crippen LogP contribution in [0, 0.1) is 0 Å². The molecule has 2 aromatic carbocycles. The number of carbonyl (C=O) groups is 2. The number of ether oxygens (including phenoxy) is 1. The number of amides is 3. The van der Waals surface area contributed by atoms with Crippen LogP contribution in [0.5, 0.6) is 5.75 Å². The highest BCUT2D eigenvalue weighted by Crippen LogP contribution is 2.32. The maximum Gasteiger partial charge on any atom is 0.325 e. The summed E-state index contributed by atoms with van der Waals surface area (Å²) in [6, 6.07) is 13.3. The number of hydrogen-bond donors (Lipinski definition) is 2. The lowest BCUT2D eigenvalue weighted by Crippen LogP contribution is -2.48. The Kier molecular flexibility index (Phi) is 5.72. The van der Waals surface area contributed by atoms with Crippen molar-refractivity contribution in [2.75, 3.05) is 13.2 Å². The average molecular weight is 396 g/mol. The number of nitrogens with one attached hydrogen (secondary N) is 1. The van der Waals surface area contributed by atoms with Crippen LogP contribution in [0.1, 0.15) is 44.9 Å². The van der Waals surface area contributed by atoms with E-state index in [0.717, 1.165) is 41.4 Å². The van der Waals surface area contributed by atoms with Crippen LogP contribution in [0.2, 0.25) is 0 Å². The molecule has 0 bridgehead atoms. The van der Waals surface area contributed by atoms with Crippen LogP contribution in [0.25, 0.3) is 10.8 Å². The van der Waals surface area contributed by atoms with Crippen LogP contribution in [0.3, 0.4) is 0 Å². The third-order valence-electron chi connectivity index (χ3n) is 6.01. The lowest BCUT2D eigenvalue weighted by molar-refractivity contribution is -0.133. The molecule has 154 valence electrons. The molecule has 6 heteroatoms. The molecule has 1 spiro atoms. The van der Waals surface area contributed by atoms with E-state index >= 15 is 0 Å². The highest BCUT2D eigenvalue weighted by Gasteiger charge is 2.50. The summed E-state index contributed by atoms with van der Waals surface area (Å²) in [7, 11) is 0. The fraction of sp³-hybridized carbons (Fsp3) is 0.478. The van der Waals surface area contributed by atoms with Crippen molar-refractivity contribution in [1.29, 1.82) is 0 Å². The second-order valence-electron chi connectivity index (χ2n) is 8.17. The van der Waals surface area contributed by atoms with Crippen LogP contribution in [0.4, 0.5) is 4.79 Å². The number of benzene rings is 2. The molecule has 1 atom stereocenters. The van der Waals surface area contributed by atoms with Crippen molar-refractivity contribution in [2.24, 2.45) is 0 Å². The maximum absolute atomic E-state index is 13.0. The minimum absolute atomic E-state index is 0.0163. The summed E-state index contributed by atoms with van der Waals surface area (Å²) in [5.41, 5.74) is -0.781. The molecule has 1 unspecified atom stereocenters. The van der Waals surface area contributed by atoms with Gasteiger partial charge in [0.15, 0.2) is 0 Å². The predicted octanol–water partition coefficient (Wildman–Crippen LogP) is 3.61. The largest absolute Gasteiger partial charge is 0.491 e. The van der Waals surface area contributed by atoms with Crippen LogP contribution < -0.4 is 10.1 Å². The average Bonchev–Trinajstić information content (AvgIpc) is 2.94. The number of rotatable bonds is 5. The highest BCUT2D eigenvalue weighted by atomic mass is 16.5. The molecule has 1 aliphatic heterocycles. The SMILES string of the molecule is O=C1NC2(CCCCCCC2)C(=O)N1CC(O)COc1ccc2ccccc2c1. The van der Waals surface area contributed by atoms with E-state index in [1.807, 2.05) is 42.5 Å². The van der Waals surface area contributed by atoms with Crippen LogP contribution in [-0.2, 0) is 4.79 Å². The van der Waals surface area contributed by atoms with Crippen LogP contribution in [0.15, 0.2) is 42.5 Å². The first-order valence-electron chi connectivity index (χ1n) is 10.5. The van der Waals surface area contributed by atoms with E-state index in [2.05, 4.69) is 5.32 Å². The number of imide groups is 1. The van der Waals surface area contributed by atoms with Gasteiger partial charge in [-0.05, 0) is 35.7 Å². The Bertz CT molecular complexity index is 889. The van der Waals surface area contributed by atoms with Gasteiger partial charge in [0.2, 0.25) is 0 Å². The summed E-state index contributed by atoms with van der Waals surface area (Å²) in [5, 5.41) is 15.5. The van der Waals surface area contributed by atoms with Gasteiger partial charge in [0.25, 0.3) is 5.91 Å². The van der Waals surface area contributed by atoms with Crippen molar-refractivity contribution in [1.82, 2.24) is 10.2 Å². The molecule has 2 aromatic rings. The standard InChI is InChI=1S/C23H28N2O4/c26-19(16-29-20-11-10-17-8-4-5-9-18(17)14-20)15-25-21(27)23(24-22(25)28)12-6-2-1-3-7-13-23/h4-5,8-11,14,19,26H,1-3,6-7,12-13,15-16H2,(H,24,28). The number of β-amino-alcohol motifs (C(OH)–C–C–N with tert-alkyl or cyclic N) is 1. The van der Waals surface area contributed by atoms with Gasteiger partial charge in [-0.25, -0.2) is 4.79 Å². The number of urea groups is 1. The molecule has 1 saturated carbocycles. The van der Waals surface area contributed by atoms with E-state index in [1.165, 1.54) is 6.42 Å². The fourth-order valence-corrected chi connectivity index (χ4v) is 4.40. The Morgan fingerprint density at radius 1 is 1.00 bits per heavy atom. The summed E-state index contributed by atoms with van der Waals surface area (Å²) in [4.78, 5) is 26.6. The van der Waals surface area contributed by atoms with E-state index in [4.69, 9.17) is 4.74 Å².